The van der Waals surface area contributed by atoms with Gasteiger partial charge in [-0.1, -0.05) is 30.0 Å². The molecule has 0 bridgehead atoms. The second-order valence-electron chi connectivity index (χ2n) is 6.69. The average molecular weight is 403 g/mol. The van der Waals surface area contributed by atoms with Gasteiger partial charge in [-0.15, -0.1) is 0 Å². The molecule has 4 aromatic rings. The summed E-state index contributed by atoms with van der Waals surface area (Å²) in [6.07, 6.45) is 1.77. The van der Waals surface area contributed by atoms with Gasteiger partial charge in [-0.25, -0.2) is 9.97 Å². The zero-order valence-electron chi connectivity index (χ0n) is 16.4. The predicted octanol–water partition coefficient (Wildman–Crippen LogP) is 5.09. The van der Waals surface area contributed by atoms with E-state index in [1.54, 1.807) is 18.0 Å². The number of para-hydroxylation sites is 2. The van der Waals surface area contributed by atoms with E-state index >= 15 is 0 Å². The van der Waals surface area contributed by atoms with E-state index in [1.807, 2.05) is 67.6 Å². The molecule has 0 aliphatic carbocycles. The number of nitrogens with zero attached hydrogens (tertiary/aromatic N) is 3. The Hall–Kier alpha value is -3.12. The molecule has 0 spiro atoms. The van der Waals surface area contributed by atoms with Crippen LogP contribution in [0.5, 0.6) is 0 Å². The van der Waals surface area contributed by atoms with Crippen molar-refractivity contribution in [1.82, 2.24) is 19.9 Å². The molecule has 5 nitrogen and oxygen atoms in total. The van der Waals surface area contributed by atoms with E-state index in [0.29, 0.717) is 5.56 Å². The highest BCUT2D eigenvalue weighted by Crippen LogP contribution is 2.26. The molecule has 0 saturated carbocycles. The summed E-state index contributed by atoms with van der Waals surface area (Å²) in [4.78, 5) is 22.8. The third-order valence-corrected chi connectivity index (χ3v) is 5.67. The van der Waals surface area contributed by atoms with Gasteiger partial charge in [0.2, 0.25) is 0 Å². The Morgan fingerprint density at radius 1 is 1.07 bits per heavy atom. The Labute approximate surface area is 174 Å². The van der Waals surface area contributed by atoms with Crippen LogP contribution in [0.4, 0.5) is 0 Å². The average Bonchev–Trinajstić information content (AvgIpc) is 3.14. The molecule has 1 unspecified atom stereocenters. The fourth-order valence-corrected chi connectivity index (χ4v) is 4.08. The van der Waals surface area contributed by atoms with Crippen LogP contribution >= 0.6 is 11.8 Å². The molecule has 1 amide bonds. The number of hydrogen-bond donors (Lipinski definition) is 1. The van der Waals surface area contributed by atoms with Gasteiger partial charge < -0.3 is 9.88 Å². The summed E-state index contributed by atoms with van der Waals surface area (Å²) < 4.78 is 2.15. The summed E-state index contributed by atoms with van der Waals surface area (Å²) in [5.74, 6) is 0.756. The van der Waals surface area contributed by atoms with Gasteiger partial charge in [-0.3, -0.25) is 4.79 Å². The number of fused-ring (bicyclic) bond motifs is 1. The molecule has 2 aromatic heterocycles. The Morgan fingerprint density at radius 2 is 1.83 bits per heavy atom. The standard InChI is InChI=1S/C23H22N4OS/c1-3-27-20-9-5-4-8-19(20)26-22(27)16(2)25-23(28)17-11-13-18(14-12-17)29-21-10-6-7-15-24-21/h4-16H,3H2,1-2H3,(H,25,28). The van der Waals surface area contributed by atoms with Crippen LogP contribution in [0.15, 0.2) is 82.8 Å². The number of nitrogens with one attached hydrogen (secondary N) is 1. The largest absolute Gasteiger partial charge is 0.342 e. The normalized spacial score (nSPS) is 12.1. The number of pyridine rings is 1. The lowest BCUT2D eigenvalue weighted by atomic mass is 10.2. The molecule has 2 aromatic carbocycles. The van der Waals surface area contributed by atoms with Crippen LogP contribution in [0.1, 0.15) is 36.1 Å². The van der Waals surface area contributed by atoms with Crippen molar-refractivity contribution in [2.45, 2.75) is 36.4 Å². The molecule has 2 heterocycles. The van der Waals surface area contributed by atoms with E-state index in [9.17, 15) is 4.79 Å². The number of rotatable bonds is 6. The van der Waals surface area contributed by atoms with Crippen molar-refractivity contribution >= 4 is 28.7 Å². The van der Waals surface area contributed by atoms with Crippen LogP contribution in [0.2, 0.25) is 0 Å². The fraction of sp³-hybridized carbons (Fsp3) is 0.174. The van der Waals surface area contributed by atoms with Gasteiger partial charge in [-0.2, -0.15) is 0 Å². The number of hydrogen-bond acceptors (Lipinski definition) is 4. The van der Waals surface area contributed by atoms with Crippen LogP contribution in [-0.2, 0) is 6.54 Å². The predicted molar refractivity (Wildman–Crippen MR) is 116 cm³/mol. The molecule has 146 valence electrons. The number of aromatic nitrogens is 3. The first kappa shape index (κ1) is 19.2. The number of carbonyl (C=O) groups excluding carboxylic acids is 1. The molecule has 0 fully saturated rings. The number of carbonyl (C=O) groups is 1. The van der Waals surface area contributed by atoms with Gasteiger partial charge >= 0.3 is 0 Å². The summed E-state index contributed by atoms with van der Waals surface area (Å²) in [5.41, 5.74) is 2.66. The quantitative estimate of drug-likeness (QED) is 0.488. The first-order valence-electron chi connectivity index (χ1n) is 9.60. The second-order valence-corrected chi connectivity index (χ2v) is 7.79. The van der Waals surface area contributed by atoms with Crippen molar-refractivity contribution in [2.24, 2.45) is 0 Å². The van der Waals surface area contributed by atoms with Gasteiger partial charge in [0.25, 0.3) is 5.91 Å². The van der Waals surface area contributed by atoms with Crippen molar-refractivity contribution in [1.29, 1.82) is 0 Å². The molecule has 4 rings (SSSR count). The number of aryl methyl sites for hydroxylation is 1. The SMILES string of the molecule is CCn1c(C(C)NC(=O)c2ccc(Sc3ccccn3)cc2)nc2ccccc21. The highest BCUT2D eigenvalue weighted by Gasteiger charge is 2.18. The lowest BCUT2D eigenvalue weighted by Crippen LogP contribution is -2.28. The zero-order valence-corrected chi connectivity index (χ0v) is 17.2. The second kappa shape index (κ2) is 8.49. The first-order chi connectivity index (χ1) is 14.2. The third-order valence-electron chi connectivity index (χ3n) is 4.71. The lowest BCUT2D eigenvalue weighted by molar-refractivity contribution is 0.0937. The first-order valence-corrected chi connectivity index (χ1v) is 10.4. The number of benzene rings is 2. The highest BCUT2D eigenvalue weighted by molar-refractivity contribution is 7.99. The molecule has 0 saturated heterocycles. The monoisotopic (exact) mass is 402 g/mol. The molecule has 0 radical (unpaired) electrons. The molecular formula is C23H22N4OS. The summed E-state index contributed by atoms with van der Waals surface area (Å²) in [5, 5.41) is 4.00. The van der Waals surface area contributed by atoms with Crippen molar-refractivity contribution in [3.63, 3.8) is 0 Å². The minimum atomic E-state index is -0.197. The van der Waals surface area contributed by atoms with E-state index in [1.165, 1.54) is 0 Å². The van der Waals surface area contributed by atoms with Crippen molar-refractivity contribution < 1.29 is 4.79 Å². The Bertz CT molecular complexity index is 1120. The summed E-state index contributed by atoms with van der Waals surface area (Å²) in [7, 11) is 0. The van der Waals surface area contributed by atoms with Crippen LogP contribution in [0, 0.1) is 0 Å². The molecule has 1 atom stereocenters. The van der Waals surface area contributed by atoms with Gasteiger partial charge in [0, 0.05) is 23.2 Å². The fourth-order valence-electron chi connectivity index (χ4n) is 3.30. The maximum absolute atomic E-state index is 12.7. The minimum absolute atomic E-state index is 0.110. The molecule has 0 aliphatic rings. The maximum atomic E-state index is 12.7. The van der Waals surface area contributed by atoms with Gasteiger partial charge in [0.05, 0.1) is 17.1 Å². The summed E-state index contributed by atoms with van der Waals surface area (Å²) in [6.45, 7) is 4.86. The van der Waals surface area contributed by atoms with Crippen LogP contribution in [-0.4, -0.2) is 20.4 Å². The highest BCUT2D eigenvalue weighted by atomic mass is 32.2. The molecular weight excluding hydrogens is 380 g/mol. The summed E-state index contributed by atoms with van der Waals surface area (Å²) in [6, 6.07) is 21.2. The third kappa shape index (κ3) is 4.17. The van der Waals surface area contributed by atoms with Crippen LogP contribution in [0.25, 0.3) is 11.0 Å². The maximum Gasteiger partial charge on any atom is 0.251 e. The van der Waals surface area contributed by atoms with E-state index in [-0.39, 0.29) is 11.9 Å². The zero-order chi connectivity index (χ0) is 20.2. The number of imidazole rings is 1. The van der Waals surface area contributed by atoms with E-state index in [2.05, 4.69) is 27.9 Å². The molecule has 6 heteroatoms. The Kier molecular flexibility index (Phi) is 5.62. The molecule has 29 heavy (non-hydrogen) atoms. The smallest absolute Gasteiger partial charge is 0.251 e. The van der Waals surface area contributed by atoms with Crippen molar-refractivity contribution in [2.75, 3.05) is 0 Å². The van der Waals surface area contributed by atoms with Crippen LogP contribution in [0.3, 0.4) is 0 Å². The van der Waals surface area contributed by atoms with E-state index in [4.69, 9.17) is 4.98 Å². The van der Waals surface area contributed by atoms with Crippen molar-refractivity contribution in [3.8, 4) is 0 Å². The molecule has 0 aliphatic heterocycles. The van der Waals surface area contributed by atoms with Crippen molar-refractivity contribution in [3.05, 3.63) is 84.3 Å². The van der Waals surface area contributed by atoms with Crippen LogP contribution < -0.4 is 5.32 Å². The number of amides is 1. The van der Waals surface area contributed by atoms with Gasteiger partial charge in [0.1, 0.15) is 10.9 Å². The van der Waals surface area contributed by atoms with Gasteiger partial charge in [0.15, 0.2) is 0 Å². The minimum Gasteiger partial charge on any atom is -0.342 e. The summed E-state index contributed by atoms with van der Waals surface area (Å²) >= 11 is 1.57. The topological polar surface area (TPSA) is 59.8 Å². The van der Waals surface area contributed by atoms with E-state index in [0.717, 1.165) is 33.3 Å². The van der Waals surface area contributed by atoms with E-state index < -0.39 is 0 Å². The van der Waals surface area contributed by atoms with Gasteiger partial charge in [-0.05, 0) is 62.4 Å². The Morgan fingerprint density at radius 3 is 2.55 bits per heavy atom. The Balaban J connectivity index is 1.48. The molecule has 1 N–H and O–H groups in total. The lowest BCUT2D eigenvalue weighted by Gasteiger charge is -2.15.